The van der Waals surface area contributed by atoms with Crippen molar-refractivity contribution >= 4 is 97.7 Å². The Labute approximate surface area is 417 Å². The van der Waals surface area contributed by atoms with Crippen molar-refractivity contribution in [1.82, 2.24) is 13.7 Å². The Kier molecular flexibility index (Phi) is 8.98. The van der Waals surface area contributed by atoms with Crippen molar-refractivity contribution in [2.24, 2.45) is 0 Å². The second kappa shape index (κ2) is 14.6. The molecule has 71 heavy (non-hydrogen) atoms. The van der Waals surface area contributed by atoms with E-state index in [2.05, 4.69) is 261 Å². The summed E-state index contributed by atoms with van der Waals surface area (Å²) < 4.78 is 7.60. The Balaban J connectivity index is 1.13. The molecule has 13 rings (SSSR count). The summed E-state index contributed by atoms with van der Waals surface area (Å²) in [6, 6.07) is 63.7. The van der Waals surface area contributed by atoms with Gasteiger partial charge in [0.1, 0.15) is 0 Å². The summed E-state index contributed by atoms with van der Waals surface area (Å²) in [5.41, 5.74) is 16.2. The van der Waals surface area contributed by atoms with E-state index in [-0.39, 0.29) is 21.7 Å². The van der Waals surface area contributed by atoms with E-state index in [0.29, 0.717) is 0 Å². The lowest BCUT2D eigenvalue weighted by molar-refractivity contribution is 0.590. The average Bonchev–Trinajstić information content (AvgIpc) is 3.96. The van der Waals surface area contributed by atoms with E-state index in [1.165, 1.54) is 126 Å². The van der Waals surface area contributed by atoms with E-state index >= 15 is 0 Å². The van der Waals surface area contributed by atoms with Crippen LogP contribution in [0.25, 0.3) is 115 Å². The Hall–Kier alpha value is -7.36. The molecule has 0 spiro atoms. The molecule has 3 nitrogen and oxygen atoms in total. The first-order valence-corrected chi connectivity index (χ1v) is 25.7. The molecule has 13 aromatic rings. The predicted octanol–water partition coefficient (Wildman–Crippen LogP) is 19.1. The molecule has 350 valence electrons. The van der Waals surface area contributed by atoms with Gasteiger partial charge in [0.2, 0.25) is 0 Å². The smallest absolute Gasteiger partial charge is 0.0562 e. The summed E-state index contributed by atoms with van der Waals surface area (Å²) in [6.45, 7) is 27.8. The quantitative estimate of drug-likeness (QED) is 0.157. The monoisotopic (exact) mass is 922 g/mol. The summed E-state index contributed by atoms with van der Waals surface area (Å²) in [7, 11) is 0. The van der Waals surface area contributed by atoms with Gasteiger partial charge in [0.05, 0.1) is 38.8 Å². The van der Waals surface area contributed by atoms with Crippen molar-refractivity contribution in [3.05, 3.63) is 186 Å². The molecule has 0 bridgehead atoms. The van der Waals surface area contributed by atoms with Crippen molar-refractivity contribution < 1.29 is 0 Å². The van der Waals surface area contributed by atoms with Crippen molar-refractivity contribution in [3.63, 3.8) is 0 Å². The Morgan fingerprint density at radius 1 is 0.254 bits per heavy atom. The minimum atomic E-state index is 0.0214. The van der Waals surface area contributed by atoms with Gasteiger partial charge in [-0.25, -0.2) is 0 Å². The zero-order chi connectivity index (χ0) is 49.3. The number of hydrogen-bond acceptors (Lipinski definition) is 0. The zero-order valence-electron chi connectivity index (χ0n) is 43.4. The third kappa shape index (κ3) is 6.54. The van der Waals surface area contributed by atoms with Crippen LogP contribution in [-0.4, -0.2) is 13.7 Å². The topological polar surface area (TPSA) is 14.8 Å². The van der Waals surface area contributed by atoms with Crippen LogP contribution in [0.15, 0.2) is 164 Å². The molecule has 0 fully saturated rings. The highest BCUT2D eigenvalue weighted by molar-refractivity contribution is 6.25. The maximum absolute atomic E-state index is 2.58. The number of nitrogens with zero attached hydrogens (tertiary/aromatic N) is 3. The standard InChI is InChI=1S/C68H63N3/c1-65(2,3)43-20-30-57-52(34-43)53-35-44(66(4,5)6)21-31-58(53)69(57)47-24-27-49-50-28-25-48(70-59-32-22-45(67(7,8)9)36-54(59)55-37-46(68(10,11)12)23-33-60(55)70)39-62(50)71(61(49)38-47)56-29-19-42-17-16-40-14-13-15-41-18-26-51(56)64(42)63(40)41/h13-39H,1-12H3. The number of hydrogen-bond donors (Lipinski definition) is 0. The summed E-state index contributed by atoms with van der Waals surface area (Å²) in [5.74, 6) is 0. The number of benzene rings is 10. The van der Waals surface area contributed by atoms with Gasteiger partial charge in [-0.2, -0.15) is 0 Å². The molecule has 0 unspecified atom stereocenters. The van der Waals surface area contributed by atoms with Gasteiger partial charge in [0.15, 0.2) is 0 Å². The summed E-state index contributed by atoms with van der Waals surface area (Å²) in [4.78, 5) is 0. The van der Waals surface area contributed by atoms with Crippen LogP contribution in [0.2, 0.25) is 0 Å². The summed E-state index contributed by atoms with van der Waals surface area (Å²) in [5, 5.41) is 15.4. The van der Waals surface area contributed by atoms with Gasteiger partial charge in [0.25, 0.3) is 0 Å². The second-order valence-corrected chi connectivity index (χ2v) is 24.8. The lowest BCUT2D eigenvalue weighted by atomic mass is 9.85. The SMILES string of the molecule is CC(C)(C)c1ccc2c(c1)c1cc(C(C)(C)C)ccc1n2-c1ccc2c3ccc(-n4c5ccc(C(C)(C)C)cc5c5cc(C(C)(C)C)ccc54)cc3n(-c3ccc4ccc5cccc6ccc3c4c56)c2c1. The molecular formula is C68H63N3. The predicted molar refractivity (Wildman–Crippen MR) is 308 cm³/mol. The van der Waals surface area contributed by atoms with Crippen LogP contribution in [0.5, 0.6) is 0 Å². The number of aromatic nitrogens is 3. The molecule has 0 aliphatic heterocycles. The molecular weight excluding hydrogens is 859 g/mol. The molecule has 3 heterocycles. The van der Waals surface area contributed by atoms with Gasteiger partial charge >= 0.3 is 0 Å². The molecule has 0 saturated carbocycles. The Morgan fingerprint density at radius 3 is 0.972 bits per heavy atom. The van der Waals surface area contributed by atoms with E-state index in [1.807, 2.05) is 0 Å². The van der Waals surface area contributed by atoms with Crippen molar-refractivity contribution in [1.29, 1.82) is 0 Å². The molecule has 0 aliphatic rings. The highest BCUT2D eigenvalue weighted by atomic mass is 15.0. The molecule has 0 N–H and O–H groups in total. The fourth-order valence-electron chi connectivity index (χ4n) is 11.9. The van der Waals surface area contributed by atoms with E-state index in [1.54, 1.807) is 0 Å². The van der Waals surface area contributed by atoms with E-state index < -0.39 is 0 Å². The van der Waals surface area contributed by atoms with Gasteiger partial charge in [-0.05, 0) is 150 Å². The van der Waals surface area contributed by atoms with Gasteiger partial charge in [-0.15, -0.1) is 0 Å². The highest BCUT2D eigenvalue weighted by Crippen LogP contribution is 2.45. The van der Waals surface area contributed by atoms with Crippen LogP contribution < -0.4 is 0 Å². The van der Waals surface area contributed by atoms with Gasteiger partial charge in [-0.3, -0.25) is 0 Å². The minimum Gasteiger partial charge on any atom is -0.309 e. The fraction of sp³-hybridized carbons (Fsp3) is 0.235. The Morgan fingerprint density at radius 2 is 0.592 bits per heavy atom. The fourth-order valence-corrected chi connectivity index (χ4v) is 11.9. The lowest BCUT2D eigenvalue weighted by Gasteiger charge is -2.19. The van der Waals surface area contributed by atoms with Gasteiger partial charge in [-0.1, -0.05) is 168 Å². The van der Waals surface area contributed by atoms with Crippen LogP contribution >= 0.6 is 0 Å². The third-order valence-electron chi connectivity index (χ3n) is 16.0. The summed E-state index contributed by atoms with van der Waals surface area (Å²) >= 11 is 0. The minimum absolute atomic E-state index is 0.0214. The molecule has 3 aromatic heterocycles. The van der Waals surface area contributed by atoms with Crippen LogP contribution in [0.3, 0.4) is 0 Å². The van der Waals surface area contributed by atoms with E-state index in [4.69, 9.17) is 0 Å². The van der Waals surface area contributed by atoms with Crippen molar-refractivity contribution in [2.45, 2.75) is 105 Å². The normalized spacial score (nSPS) is 13.4. The Bertz CT molecular complexity index is 4000. The van der Waals surface area contributed by atoms with Crippen LogP contribution in [-0.2, 0) is 21.7 Å². The largest absolute Gasteiger partial charge is 0.309 e. The van der Waals surface area contributed by atoms with Gasteiger partial charge < -0.3 is 13.7 Å². The summed E-state index contributed by atoms with van der Waals surface area (Å²) in [6.07, 6.45) is 0. The third-order valence-corrected chi connectivity index (χ3v) is 16.0. The second-order valence-electron chi connectivity index (χ2n) is 24.8. The zero-order valence-corrected chi connectivity index (χ0v) is 43.4. The number of fused-ring (bicyclic) bond motifs is 9. The van der Waals surface area contributed by atoms with Crippen LogP contribution in [0.1, 0.15) is 105 Å². The highest BCUT2D eigenvalue weighted by Gasteiger charge is 2.25. The molecule has 0 radical (unpaired) electrons. The average molecular weight is 922 g/mol. The first-order chi connectivity index (χ1) is 33.7. The molecule has 0 aliphatic carbocycles. The molecule has 10 aromatic carbocycles. The molecule has 0 saturated heterocycles. The maximum Gasteiger partial charge on any atom is 0.0562 e. The first-order valence-electron chi connectivity index (χ1n) is 25.7. The number of rotatable bonds is 3. The first kappa shape index (κ1) is 43.6. The van der Waals surface area contributed by atoms with Crippen molar-refractivity contribution in [2.75, 3.05) is 0 Å². The van der Waals surface area contributed by atoms with Crippen LogP contribution in [0, 0.1) is 0 Å². The van der Waals surface area contributed by atoms with Gasteiger partial charge in [0, 0.05) is 49.1 Å². The van der Waals surface area contributed by atoms with Crippen LogP contribution in [0.4, 0.5) is 0 Å². The van der Waals surface area contributed by atoms with Crippen molar-refractivity contribution in [3.8, 4) is 17.1 Å². The molecule has 0 amide bonds. The van der Waals surface area contributed by atoms with E-state index in [9.17, 15) is 0 Å². The lowest BCUT2D eigenvalue weighted by Crippen LogP contribution is -2.10. The molecule has 0 atom stereocenters. The van der Waals surface area contributed by atoms with E-state index in [0.717, 1.165) is 11.4 Å². The maximum atomic E-state index is 2.58. The molecule has 3 heteroatoms.